The highest BCUT2D eigenvalue weighted by atomic mass is 16.6. The number of nitrogens with zero attached hydrogens (tertiary/aromatic N) is 1. The second-order valence-corrected chi connectivity index (χ2v) is 4.58. The van der Waals surface area contributed by atoms with Crippen LogP contribution in [-0.2, 0) is 22.8 Å². The highest BCUT2D eigenvalue weighted by Gasteiger charge is 2.11. The van der Waals surface area contributed by atoms with E-state index in [0.29, 0.717) is 32.2 Å². The van der Waals surface area contributed by atoms with Gasteiger partial charge in [0.2, 0.25) is 0 Å². The fourth-order valence-corrected chi connectivity index (χ4v) is 1.95. The van der Waals surface area contributed by atoms with Crippen molar-refractivity contribution in [2.75, 3.05) is 18.7 Å². The minimum Gasteiger partial charge on any atom is -0.490 e. The van der Waals surface area contributed by atoms with E-state index in [1.165, 1.54) is 0 Å². The average molecular weight is 302 g/mol. The van der Waals surface area contributed by atoms with Crippen LogP contribution in [-0.4, -0.2) is 18.2 Å². The largest absolute Gasteiger partial charge is 0.490 e. The number of ether oxygens (including phenoxy) is 2. The summed E-state index contributed by atoms with van der Waals surface area (Å²) in [6.07, 6.45) is 1.71. The number of anilines is 1. The molecule has 2 aromatic rings. The number of rotatable bonds is 9. The molecule has 0 radical (unpaired) electrons. The van der Waals surface area contributed by atoms with Gasteiger partial charge < -0.3 is 9.47 Å². The third-order valence-electron chi connectivity index (χ3n) is 2.97. The molecule has 0 saturated carbocycles. The molecule has 118 valence electrons. The van der Waals surface area contributed by atoms with E-state index in [1.54, 1.807) is 6.20 Å². The molecule has 0 aliphatic carbocycles. The summed E-state index contributed by atoms with van der Waals surface area (Å²) in [6, 6.07) is 11.8. The molecule has 0 aliphatic rings. The summed E-state index contributed by atoms with van der Waals surface area (Å²) in [5.41, 5.74) is 5.55. The summed E-state index contributed by atoms with van der Waals surface area (Å²) in [5, 5.41) is 0. The Bertz CT molecular complexity index is 561. The molecule has 22 heavy (non-hydrogen) atoms. The summed E-state index contributed by atoms with van der Waals surface area (Å²) >= 11 is 0. The van der Waals surface area contributed by atoms with Crippen molar-refractivity contribution < 1.29 is 14.3 Å². The summed E-state index contributed by atoms with van der Waals surface area (Å²) in [4.78, 5) is 9.87. The average Bonchev–Trinajstić information content (AvgIpc) is 2.56. The molecule has 0 atom stereocenters. The fourth-order valence-electron chi connectivity index (χ4n) is 1.95. The SMILES string of the molecule is CCOCc1nccc(NOCc2ccccc2)c1OCC. The minimum absolute atomic E-state index is 0.417. The first kappa shape index (κ1) is 16.3. The van der Waals surface area contributed by atoms with Gasteiger partial charge in [-0.2, -0.15) is 0 Å². The predicted octanol–water partition coefficient (Wildman–Crippen LogP) is 3.56. The highest BCUT2D eigenvalue weighted by molar-refractivity contribution is 5.56. The Labute approximate surface area is 131 Å². The molecule has 1 heterocycles. The number of pyridine rings is 1. The second-order valence-electron chi connectivity index (χ2n) is 4.58. The van der Waals surface area contributed by atoms with Crippen LogP contribution in [0.25, 0.3) is 0 Å². The second kappa shape index (κ2) is 9.02. The first-order valence-corrected chi connectivity index (χ1v) is 7.45. The van der Waals surface area contributed by atoms with Crippen LogP contribution >= 0.6 is 0 Å². The Morgan fingerprint density at radius 1 is 1.00 bits per heavy atom. The Balaban J connectivity index is 2.02. The van der Waals surface area contributed by atoms with Gasteiger partial charge in [-0.05, 0) is 25.5 Å². The van der Waals surface area contributed by atoms with E-state index >= 15 is 0 Å². The maximum atomic E-state index is 5.68. The molecule has 0 amide bonds. The smallest absolute Gasteiger partial charge is 0.168 e. The van der Waals surface area contributed by atoms with E-state index in [2.05, 4.69) is 10.5 Å². The van der Waals surface area contributed by atoms with E-state index in [9.17, 15) is 0 Å². The molecule has 0 aliphatic heterocycles. The number of hydrogen-bond acceptors (Lipinski definition) is 5. The van der Waals surface area contributed by atoms with Gasteiger partial charge in [-0.3, -0.25) is 15.3 Å². The molecule has 5 nitrogen and oxygen atoms in total. The third-order valence-corrected chi connectivity index (χ3v) is 2.97. The van der Waals surface area contributed by atoms with E-state index in [-0.39, 0.29) is 0 Å². The lowest BCUT2D eigenvalue weighted by atomic mass is 10.2. The molecule has 0 saturated heterocycles. The van der Waals surface area contributed by atoms with Gasteiger partial charge in [-0.1, -0.05) is 30.3 Å². The molecule has 0 unspecified atom stereocenters. The zero-order chi connectivity index (χ0) is 15.6. The van der Waals surface area contributed by atoms with Crippen molar-refractivity contribution >= 4 is 5.69 Å². The van der Waals surface area contributed by atoms with Gasteiger partial charge in [0.1, 0.15) is 11.4 Å². The molecule has 0 spiro atoms. The lowest BCUT2D eigenvalue weighted by Crippen LogP contribution is -2.08. The van der Waals surface area contributed by atoms with Crippen LogP contribution in [0.1, 0.15) is 25.1 Å². The highest BCUT2D eigenvalue weighted by Crippen LogP contribution is 2.28. The zero-order valence-electron chi connectivity index (χ0n) is 13.0. The van der Waals surface area contributed by atoms with Crippen molar-refractivity contribution in [1.82, 2.24) is 4.98 Å². The number of aromatic nitrogens is 1. The molecule has 5 heteroatoms. The van der Waals surface area contributed by atoms with Crippen molar-refractivity contribution in [2.24, 2.45) is 0 Å². The standard InChI is InChI=1S/C17H22N2O3/c1-3-20-13-16-17(21-4-2)15(10-11-18-16)19-22-12-14-8-6-5-7-9-14/h5-11H,3-4,12-13H2,1-2H3,(H,18,19). The van der Waals surface area contributed by atoms with Crippen molar-refractivity contribution in [3.05, 3.63) is 53.9 Å². The van der Waals surface area contributed by atoms with Crippen molar-refractivity contribution in [2.45, 2.75) is 27.1 Å². The Hall–Kier alpha value is -2.11. The van der Waals surface area contributed by atoms with Crippen LogP contribution in [0, 0.1) is 0 Å². The normalized spacial score (nSPS) is 10.5. The van der Waals surface area contributed by atoms with E-state index in [0.717, 1.165) is 16.9 Å². The molecule has 0 fully saturated rings. The summed E-state index contributed by atoms with van der Waals surface area (Å²) < 4.78 is 11.1. The lowest BCUT2D eigenvalue weighted by molar-refractivity contribution is 0.128. The number of hydrogen-bond donors (Lipinski definition) is 1. The number of nitrogens with one attached hydrogen (secondary N) is 1. The van der Waals surface area contributed by atoms with Crippen LogP contribution in [0.3, 0.4) is 0 Å². The monoisotopic (exact) mass is 302 g/mol. The van der Waals surface area contributed by atoms with Gasteiger partial charge in [0.15, 0.2) is 5.75 Å². The Morgan fingerprint density at radius 2 is 1.82 bits per heavy atom. The van der Waals surface area contributed by atoms with Gasteiger partial charge in [0, 0.05) is 12.8 Å². The summed E-state index contributed by atoms with van der Waals surface area (Å²) in [6.45, 7) is 5.96. The molecule has 1 aromatic carbocycles. The molecule has 0 bridgehead atoms. The van der Waals surface area contributed by atoms with Crippen molar-refractivity contribution in [1.29, 1.82) is 0 Å². The lowest BCUT2D eigenvalue weighted by Gasteiger charge is -2.15. The Morgan fingerprint density at radius 3 is 2.55 bits per heavy atom. The van der Waals surface area contributed by atoms with Gasteiger partial charge in [-0.25, -0.2) is 0 Å². The van der Waals surface area contributed by atoms with E-state index in [1.807, 2.05) is 50.2 Å². The topological polar surface area (TPSA) is 52.6 Å². The van der Waals surface area contributed by atoms with Crippen LogP contribution in [0.2, 0.25) is 0 Å². The summed E-state index contributed by atoms with van der Waals surface area (Å²) in [7, 11) is 0. The predicted molar refractivity (Wildman–Crippen MR) is 85.6 cm³/mol. The maximum absolute atomic E-state index is 5.68. The molecular formula is C17H22N2O3. The van der Waals surface area contributed by atoms with Crippen LogP contribution in [0.5, 0.6) is 5.75 Å². The fraction of sp³-hybridized carbons (Fsp3) is 0.353. The molecular weight excluding hydrogens is 280 g/mol. The molecule has 1 aromatic heterocycles. The molecule has 1 N–H and O–H groups in total. The zero-order valence-corrected chi connectivity index (χ0v) is 13.0. The molecule has 2 rings (SSSR count). The first-order valence-electron chi connectivity index (χ1n) is 7.45. The van der Waals surface area contributed by atoms with E-state index < -0.39 is 0 Å². The summed E-state index contributed by atoms with van der Waals surface area (Å²) in [5.74, 6) is 0.673. The van der Waals surface area contributed by atoms with Crippen LogP contribution < -0.4 is 10.2 Å². The quantitative estimate of drug-likeness (QED) is 0.718. The Kier molecular flexibility index (Phi) is 6.67. The van der Waals surface area contributed by atoms with Gasteiger partial charge in [0.05, 0.1) is 19.8 Å². The third kappa shape index (κ3) is 4.72. The van der Waals surface area contributed by atoms with Crippen molar-refractivity contribution in [3.8, 4) is 5.75 Å². The van der Waals surface area contributed by atoms with Gasteiger partial charge in [-0.15, -0.1) is 0 Å². The van der Waals surface area contributed by atoms with Gasteiger partial charge >= 0.3 is 0 Å². The van der Waals surface area contributed by atoms with Crippen molar-refractivity contribution in [3.63, 3.8) is 0 Å². The number of benzene rings is 1. The van der Waals surface area contributed by atoms with Crippen LogP contribution in [0.4, 0.5) is 5.69 Å². The minimum atomic E-state index is 0.417. The van der Waals surface area contributed by atoms with Gasteiger partial charge in [0.25, 0.3) is 0 Å². The first-order chi connectivity index (χ1) is 10.8. The van der Waals surface area contributed by atoms with E-state index in [4.69, 9.17) is 14.3 Å². The maximum Gasteiger partial charge on any atom is 0.168 e. The van der Waals surface area contributed by atoms with Crippen LogP contribution in [0.15, 0.2) is 42.6 Å².